The van der Waals surface area contributed by atoms with Gasteiger partial charge in [-0.1, -0.05) is 60.7 Å². The van der Waals surface area contributed by atoms with Gasteiger partial charge in [-0.2, -0.15) is 0 Å². The van der Waals surface area contributed by atoms with Crippen LogP contribution in [-0.2, 0) is 27.4 Å². The highest BCUT2D eigenvalue weighted by Crippen LogP contribution is 2.52. The fraction of sp³-hybridized carbons (Fsp3) is 0.348. The van der Waals surface area contributed by atoms with E-state index in [9.17, 15) is 14.4 Å². The minimum Gasteiger partial charge on any atom is -0.445 e. The molecule has 0 bridgehead atoms. The predicted molar refractivity (Wildman–Crippen MR) is 103 cm³/mol. The molecule has 28 heavy (non-hydrogen) atoms. The summed E-state index contributed by atoms with van der Waals surface area (Å²) >= 11 is 0. The van der Waals surface area contributed by atoms with Crippen molar-refractivity contribution in [2.75, 3.05) is 13.1 Å². The summed E-state index contributed by atoms with van der Waals surface area (Å²) in [5.41, 5.74) is 1.88. The molecule has 1 amide bonds. The molecule has 2 aromatic rings. The molecule has 0 N–H and O–H groups in total. The van der Waals surface area contributed by atoms with Gasteiger partial charge >= 0.3 is 6.09 Å². The number of Topliss-reactive ketones (excluding diaryl/α,β-unsaturated/α-hetero) is 2. The first kappa shape index (κ1) is 18.4. The molecule has 3 atom stereocenters. The number of ether oxygens (including phenoxy) is 1. The summed E-state index contributed by atoms with van der Waals surface area (Å²) < 4.78 is 5.36. The van der Waals surface area contributed by atoms with Crippen LogP contribution in [0.2, 0.25) is 0 Å². The fourth-order valence-electron chi connectivity index (χ4n) is 4.16. The number of rotatable bonds is 7. The number of carbonyl (C=O) groups is 3. The van der Waals surface area contributed by atoms with Gasteiger partial charge < -0.3 is 9.64 Å². The summed E-state index contributed by atoms with van der Waals surface area (Å²) in [6, 6.07) is 19.0. The minimum absolute atomic E-state index is 0.00891. The lowest BCUT2D eigenvalue weighted by atomic mass is 10.0. The van der Waals surface area contributed by atoms with Crippen LogP contribution >= 0.6 is 0 Å². The molecule has 1 aliphatic carbocycles. The third kappa shape index (κ3) is 4.14. The molecule has 0 spiro atoms. The lowest BCUT2D eigenvalue weighted by molar-refractivity contribution is -0.127. The average Bonchev–Trinajstić information content (AvgIpc) is 3.21. The van der Waals surface area contributed by atoms with E-state index in [0.29, 0.717) is 19.5 Å². The van der Waals surface area contributed by atoms with E-state index < -0.39 is 0 Å². The van der Waals surface area contributed by atoms with Crippen LogP contribution in [0.15, 0.2) is 60.7 Å². The summed E-state index contributed by atoms with van der Waals surface area (Å²) in [7, 11) is 0. The van der Waals surface area contributed by atoms with Gasteiger partial charge in [0.05, 0.1) is 6.42 Å². The number of likely N-dealkylation sites (tertiary alicyclic amines) is 1. The first-order valence-electron chi connectivity index (χ1n) is 9.66. The van der Waals surface area contributed by atoms with Gasteiger partial charge in [-0.15, -0.1) is 0 Å². The van der Waals surface area contributed by atoms with E-state index in [1.54, 1.807) is 4.90 Å². The Morgan fingerprint density at radius 3 is 2.04 bits per heavy atom. The number of carbonyl (C=O) groups excluding carboxylic acids is 3. The molecule has 0 radical (unpaired) electrons. The second kappa shape index (κ2) is 7.97. The number of hydrogen-bond donors (Lipinski definition) is 0. The number of fused-ring (bicyclic) bond motifs is 1. The van der Waals surface area contributed by atoms with E-state index in [1.807, 2.05) is 60.7 Å². The Balaban J connectivity index is 1.20. The Morgan fingerprint density at radius 1 is 0.857 bits per heavy atom. The highest BCUT2D eigenvalue weighted by atomic mass is 16.6. The smallest absolute Gasteiger partial charge is 0.410 e. The van der Waals surface area contributed by atoms with Crippen molar-refractivity contribution >= 4 is 17.7 Å². The van der Waals surface area contributed by atoms with Crippen molar-refractivity contribution in [3.05, 3.63) is 71.8 Å². The Kier molecular flexibility index (Phi) is 5.24. The fourth-order valence-corrected chi connectivity index (χ4v) is 4.16. The van der Waals surface area contributed by atoms with Crippen LogP contribution in [0.1, 0.15) is 17.5 Å². The molecule has 1 unspecified atom stereocenters. The van der Waals surface area contributed by atoms with Crippen LogP contribution in [0.4, 0.5) is 4.79 Å². The highest BCUT2D eigenvalue weighted by molar-refractivity contribution is 6.02. The molecule has 1 saturated carbocycles. The van der Waals surface area contributed by atoms with E-state index in [2.05, 4.69) is 0 Å². The lowest BCUT2D eigenvalue weighted by Crippen LogP contribution is -2.33. The maximum atomic E-state index is 12.5. The maximum Gasteiger partial charge on any atom is 0.410 e. The average molecular weight is 377 g/mol. The van der Waals surface area contributed by atoms with Crippen LogP contribution < -0.4 is 0 Å². The SMILES string of the molecule is O=C(CC(=O)C1[C@H]2CN(C(=O)OCc3ccccc3)C[C@@H]12)Cc1ccccc1. The Bertz CT molecular complexity index is 853. The quantitative estimate of drug-likeness (QED) is 0.695. The normalized spacial score (nSPS) is 22.4. The second-order valence-electron chi connectivity index (χ2n) is 7.64. The van der Waals surface area contributed by atoms with Gasteiger partial charge in [0.1, 0.15) is 18.2 Å². The number of ketones is 2. The van der Waals surface area contributed by atoms with Crippen molar-refractivity contribution in [1.82, 2.24) is 4.90 Å². The molecule has 144 valence electrons. The van der Waals surface area contributed by atoms with Crippen molar-refractivity contribution in [3.8, 4) is 0 Å². The number of amides is 1. The van der Waals surface area contributed by atoms with Gasteiger partial charge in [-0.3, -0.25) is 9.59 Å². The molecule has 0 aromatic heterocycles. The Hall–Kier alpha value is -2.95. The van der Waals surface area contributed by atoms with Crippen LogP contribution in [-0.4, -0.2) is 35.6 Å². The number of benzene rings is 2. The maximum absolute atomic E-state index is 12.5. The summed E-state index contributed by atoms with van der Waals surface area (Å²) in [6.07, 6.45) is -0.0418. The first-order valence-corrected chi connectivity index (χ1v) is 9.66. The molecule has 5 heteroatoms. The van der Waals surface area contributed by atoms with Crippen molar-refractivity contribution in [2.45, 2.75) is 19.4 Å². The van der Waals surface area contributed by atoms with Gasteiger partial charge in [0.15, 0.2) is 0 Å². The molecule has 5 nitrogen and oxygen atoms in total. The van der Waals surface area contributed by atoms with Crippen LogP contribution in [0.3, 0.4) is 0 Å². The number of hydrogen-bond acceptors (Lipinski definition) is 4. The van der Waals surface area contributed by atoms with Gasteiger partial charge in [-0.25, -0.2) is 4.79 Å². The summed E-state index contributed by atoms with van der Waals surface area (Å²) in [5.74, 6) is 0.272. The molecule has 4 rings (SSSR count). The highest BCUT2D eigenvalue weighted by Gasteiger charge is 2.60. The van der Waals surface area contributed by atoms with Crippen LogP contribution in [0.25, 0.3) is 0 Å². The minimum atomic E-state index is -0.331. The third-order valence-electron chi connectivity index (χ3n) is 5.64. The van der Waals surface area contributed by atoms with E-state index >= 15 is 0 Å². The van der Waals surface area contributed by atoms with E-state index in [-0.39, 0.29) is 48.4 Å². The molecular weight excluding hydrogens is 354 g/mol. The van der Waals surface area contributed by atoms with Crippen LogP contribution in [0, 0.1) is 17.8 Å². The van der Waals surface area contributed by atoms with Gasteiger partial charge in [0.25, 0.3) is 0 Å². The summed E-state index contributed by atoms with van der Waals surface area (Å²) in [4.78, 5) is 38.5. The van der Waals surface area contributed by atoms with Crippen molar-refractivity contribution in [3.63, 3.8) is 0 Å². The number of nitrogens with zero attached hydrogens (tertiary/aromatic N) is 1. The van der Waals surface area contributed by atoms with Gasteiger partial charge in [-0.05, 0) is 23.0 Å². The molecule has 1 aliphatic heterocycles. The van der Waals surface area contributed by atoms with Crippen molar-refractivity contribution < 1.29 is 19.1 Å². The number of piperidine rings is 1. The zero-order chi connectivity index (χ0) is 19.5. The molecule has 2 aliphatic rings. The summed E-state index contributed by atoms with van der Waals surface area (Å²) in [6.45, 7) is 1.34. The van der Waals surface area contributed by atoms with Crippen molar-refractivity contribution in [1.29, 1.82) is 0 Å². The van der Waals surface area contributed by atoms with E-state index in [1.165, 1.54) is 0 Å². The zero-order valence-electron chi connectivity index (χ0n) is 15.6. The molecule has 1 saturated heterocycles. The molecule has 2 aromatic carbocycles. The molecule has 1 heterocycles. The Labute approximate surface area is 164 Å². The van der Waals surface area contributed by atoms with Gasteiger partial charge in [0.2, 0.25) is 0 Å². The van der Waals surface area contributed by atoms with E-state index in [0.717, 1.165) is 11.1 Å². The lowest BCUT2D eigenvalue weighted by Gasteiger charge is -2.19. The predicted octanol–water partition coefficient (Wildman–Crippen LogP) is 3.27. The first-order chi connectivity index (χ1) is 13.6. The van der Waals surface area contributed by atoms with Gasteiger partial charge in [0, 0.05) is 25.4 Å². The Morgan fingerprint density at radius 2 is 1.43 bits per heavy atom. The van der Waals surface area contributed by atoms with Crippen molar-refractivity contribution in [2.24, 2.45) is 17.8 Å². The van der Waals surface area contributed by atoms with E-state index in [4.69, 9.17) is 4.74 Å². The largest absolute Gasteiger partial charge is 0.445 e. The third-order valence-corrected chi connectivity index (χ3v) is 5.64. The zero-order valence-corrected chi connectivity index (χ0v) is 15.6. The van der Waals surface area contributed by atoms with Crippen LogP contribution in [0.5, 0.6) is 0 Å². The molecule has 2 fully saturated rings. The standard InChI is InChI=1S/C23H23NO4/c25-18(11-16-7-3-1-4-8-16)12-21(26)22-19-13-24(14-20(19)22)23(27)28-15-17-9-5-2-6-10-17/h1-10,19-20,22H,11-15H2/t19-,20+,22?. The summed E-state index contributed by atoms with van der Waals surface area (Å²) in [5, 5.41) is 0. The monoisotopic (exact) mass is 377 g/mol. The second-order valence-corrected chi connectivity index (χ2v) is 7.64. The molecular formula is C23H23NO4. The topological polar surface area (TPSA) is 63.7 Å².